The number of hydrazone groups is 2. The minimum atomic E-state index is -3.56. The van der Waals surface area contributed by atoms with Crippen LogP contribution in [0.15, 0.2) is 98.9 Å². The van der Waals surface area contributed by atoms with Crippen molar-refractivity contribution >= 4 is 54.7 Å². The van der Waals surface area contributed by atoms with E-state index in [-0.39, 0.29) is 15.7 Å². The minimum Gasteiger partial charge on any atom is -0.495 e. The number of hydrogen-bond acceptors (Lipinski definition) is 12. The van der Waals surface area contributed by atoms with Crippen molar-refractivity contribution in [3.63, 3.8) is 0 Å². The summed E-state index contributed by atoms with van der Waals surface area (Å²) in [5.74, 6) is 1.46. The van der Waals surface area contributed by atoms with Crippen molar-refractivity contribution < 1.29 is 21.6 Å². The lowest BCUT2D eigenvalue weighted by Crippen LogP contribution is -2.18. The number of aromatic nitrogens is 2. The molecule has 0 bridgehead atoms. The smallest absolute Gasteiger partial charge is 0.240 e. The van der Waals surface area contributed by atoms with E-state index in [2.05, 4.69) is 45.8 Å². The summed E-state index contributed by atoms with van der Waals surface area (Å²) in [6.07, 6.45) is 0. The number of sulfonamides is 2. The lowest BCUT2D eigenvalue weighted by atomic mass is 10.1. The first-order valence-corrected chi connectivity index (χ1v) is 16.4. The summed E-state index contributed by atoms with van der Waals surface area (Å²) in [4.78, 5) is 9.32. The van der Waals surface area contributed by atoms with Gasteiger partial charge in [-0.15, -0.1) is 0 Å². The highest BCUT2D eigenvalue weighted by Gasteiger charge is 2.13. The Labute approximate surface area is 262 Å². The van der Waals surface area contributed by atoms with Crippen LogP contribution in [0.2, 0.25) is 0 Å². The first kappa shape index (κ1) is 33.0. The highest BCUT2D eigenvalue weighted by molar-refractivity contribution is 7.89. The van der Waals surface area contributed by atoms with Crippen molar-refractivity contribution in [2.75, 3.05) is 37.4 Å². The lowest BCUT2D eigenvalue weighted by Gasteiger charge is -2.12. The van der Waals surface area contributed by atoms with E-state index >= 15 is 0 Å². The largest absolute Gasteiger partial charge is 0.495 e. The molecule has 0 aliphatic carbocycles. The van der Waals surface area contributed by atoms with Crippen LogP contribution in [-0.4, -0.2) is 59.4 Å². The molecule has 4 rings (SSSR count). The minimum absolute atomic E-state index is 0.142. The topological polar surface area (TPSA) is 188 Å². The maximum absolute atomic E-state index is 12.0. The van der Waals surface area contributed by atoms with E-state index in [1.807, 2.05) is 18.2 Å². The Kier molecular flexibility index (Phi) is 10.5. The van der Waals surface area contributed by atoms with Crippen LogP contribution in [-0.2, 0) is 20.0 Å². The summed E-state index contributed by atoms with van der Waals surface area (Å²) in [6.45, 7) is 3.54. The third kappa shape index (κ3) is 8.39. The van der Waals surface area contributed by atoms with Crippen LogP contribution < -0.4 is 30.3 Å². The number of nitrogens with one attached hydrogen (secondary N) is 5. The van der Waals surface area contributed by atoms with E-state index in [0.29, 0.717) is 45.6 Å². The third-order valence-electron chi connectivity index (χ3n) is 6.46. The third-order valence-corrected chi connectivity index (χ3v) is 9.32. The molecule has 0 aliphatic heterocycles. The van der Waals surface area contributed by atoms with E-state index in [0.717, 1.165) is 0 Å². The van der Waals surface area contributed by atoms with Crippen LogP contribution in [0, 0.1) is 0 Å². The highest BCUT2D eigenvalue weighted by atomic mass is 32.2. The molecule has 5 N–H and O–H groups in total. The van der Waals surface area contributed by atoms with E-state index in [1.165, 1.54) is 38.4 Å². The normalized spacial score (nSPS) is 12.5. The van der Waals surface area contributed by atoms with Crippen molar-refractivity contribution in [3.05, 3.63) is 90.0 Å². The summed E-state index contributed by atoms with van der Waals surface area (Å²) >= 11 is 0. The highest BCUT2D eigenvalue weighted by Crippen LogP contribution is 2.27. The molecule has 14 nitrogen and oxygen atoms in total. The fraction of sp³-hybridized carbons (Fsp3) is 0.172. The van der Waals surface area contributed by atoms with Gasteiger partial charge in [0.05, 0.1) is 34.0 Å². The summed E-state index contributed by atoms with van der Waals surface area (Å²) in [5, 5.41) is 12.0. The quantitative estimate of drug-likeness (QED) is 0.105. The second kappa shape index (κ2) is 14.3. The van der Waals surface area contributed by atoms with Crippen LogP contribution >= 0.6 is 0 Å². The summed E-state index contributed by atoms with van der Waals surface area (Å²) in [6, 6.07) is 21.5. The molecule has 16 heteroatoms. The summed E-state index contributed by atoms with van der Waals surface area (Å²) < 4.78 is 58.2. The van der Waals surface area contributed by atoms with Crippen molar-refractivity contribution in [3.8, 4) is 5.75 Å². The fourth-order valence-corrected chi connectivity index (χ4v) is 5.34. The molecular weight excluding hydrogens is 619 g/mol. The predicted octanol–water partition coefficient (Wildman–Crippen LogP) is 3.72. The average molecular weight is 652 g/mol. The van der Waals surface area contributed by atoms with Crippen LogP contribution in [0.5, 0.6) is 5.75 Å². The molecule has 0 saturated heterocycles. The number of rotatable bonds is 13. The molecule has 0 radical (unpaired) electrons. The van der Waals surface area contributed by atoms with Gasteiger partial charge < -0.3 is 10.1 Å². The van der Waals surface area contributed by atoms with Crippen molar-refractivity contribution in [2.45, 2.75) is 23.6 Å². The molecule has 3 aromatic carbocycles. The van der Waals surface area contributed by atoms with Crippen molar-refractivity contribution in [1.29, 1.82) is 0 Å². The van der Waals surface area contributed by atoms with Crippen LogP contribution in [0.4, 0.5) is 23.3 Å². The number of hydrogen-bond donors (Lipinski definition) is 5. The number of para-hydroxylation sites is 2. The fourth-order valence-electron chi connectivity index (χ4n) is 3.88. The maximum atomic E-state index is 12.0. The Morgan fingerprint density at radius 3 is 1.56 bits per heavy atom. The lowest BCUT2D eigenvalue weighted by molar-refractivity contribution is 0.417. The number of benzene rings is 3. The molecule has 45 heavy (non-hydrogen) atoms. The zero-order valence-corrected chi connectivity index (χ0v) is 26.8. The van der Waals surface area contributed by atoms with Gasteiger partial charge in [0.2, 0.25) is 26.0 Å². The molecule has 0 fully saturated rings. The molecule has 0 atom stereocenters. The maximum Gasteiger partial charge on any atom is 0.240 e. The van der Waals surface area contributed by atoms with E-state index < -0.39 is 20.0 Å². The molecule has 4 aromatic rings. The van der Waals surface area contributed by atoms with Gasteiger partial charge in [0.1, 0.15) is 5.75 Å². The van der Waals surface area contributed by atoms with Gasteiger partial charge in [-0.25, -0.2) is 26.3 Å². The molecular formula is C29H33N9O5S2. The Hall–Kier alpha value is -4.90. The van der Waals surface area contributed by atoms with Crippen molar-refractivity contribution in [1.82, 2.24) is 19.4 Å². The average Bonchev–Trinajstić information content (AvgIpc) is 3.06. The monoisotopic (exact) mass is 651 g/mol. The van der Waals surface area contributed by atoms with Gasteiger partial charge in [-0.2, -0.15) is 20.2 Å². The Morgan fingerprint density at radius 2 is 1.13 bits per heavy atom. The van der Waals surface area contributed by atoms with Gasteiger partial charge in [-0.1, -0.05) is 36.4 Å². The molecule has 0 amide bonds. The molecule has 0 unspecified atom stereocenters. The van der Waals surface area contributed by atoms with E-state index in [9.17, 15) is 16.8 Å². The number of nitrogens with zero attached hydrogens (tertiary/aromatic N) is 4. The van der Waals surface area contributed by atoms with Crippen LogP contribution in [0.1, 0.15) is 25.0 Å². The van der Waals surface area contributed by atoms with Crippen LogP contribution in [0.3, 0.4) is 0 Å². The molecule has 0 saturated carbocycles. The first-order chi connectivity index (χ1) is 21.5. The van der Waals surface area contributed by atoms with Gasteiger partial charge in [0.15, 0.2) is 11.6 Å². The molecule has 0 spiro atoms. The molecule has 1 aromatic heterocycles. The van der Waals surface area contributed by atoms with Gasteiger partial charge in [-0.3, -0.25) is 10.9 Å². The van der Waals surface area contributed by atoms with E-state index in [4.69, 9.17) is 4.74 Å². The first-order valence-electron chi connectivity index (χ1n) is 13.4. The predicted molar refractivity (Wildman–Crippen MR) is 175 cm³/mol. The van der Waals surface area contributed by atoms with Crippen LogP contribution in [0.25, 0.3) is 0 Å². The molecule has 1 heterocycles. The number of ether oxygens (including phenoxy) is 1. The SMILES string of the molecule is CNS(=O)(=O)c1ccc(/C(C)=N\Nc2cc(N/N=C(/C)c3ccc(S(=O)(=O)NC)cc3)nc(Nc3ccccc3OC)n2)cc1. The zero-order chi connectivity index (χ0) is 32.6. The Morgan fingerprint density at radius 1 is 0.689 bits per heavy atom. The zero-order valence-electron chi connectivity index (χ0n) is 25.2. The molecule has 236 valence electrons. The summed E-state index contributed by atoms with van der Waals surface area (Å²) in [5.41, 5.74) is 9.04. The van der Waals surface area contributed by atoms with E-state index in [1.54, 1.807) is 57.4 Å². The second-order valence-corrected chi connectivity index (χ2v) is 13.1. The Bertz CT molecular complexity index is 1820. The molecule has 0 aliphatic rings. The Balaban J connectivity index is 1.61. The number of anilines is 4. The van der Waals surface area contributed by atoms with Gasteiger partial charge in [0, 0.05) is 6.07 Å². The van der Waals surface area contributed by atoms with Gasteiger partial charge >= 0.3 is 0 Å². The number of methoxy groups -OCH3 is 1. The van der Waals surface area contributed by atoms with Gasteiger partial charge in [-0.05, 0) is 75.5 Å². The van der Waals surface area contributed by atoms with Gasteiger partial charge in [0.25, 0.3) is 0 Å². The second-order valence-electron chi connectivity index (χ2n) is 9.37. The van der Waals surface area contributed by atoms with Crippen molar-refractivity contribution in [2.24, 2.45) is 10.2 Å². The standard InChI is InChI=1S/C29H33N9O5S2/c1-19(21-10-14-23(15-11-21)44(39,40)30-3)35-37-27-18-28(34-29(33-27)32-25-8-6-7-9-26(25)43-5)38-36-20(2)22-12-16-24(17-13-22)45(41,42)31-4/h6-18,30-31H,1-5H3,(H3,32,33,34,37,38)/b35-19-,36-20-. The summed E-state index contributed by atoms with van der Waals surface area (Å²) in [7, 11) is -2.85.